The van der Waals surface area contributed by atoms with E-state index in [1.165, 1.54) is 11.1 Å². The van der Waals surface area contributed by atoms with Crippen molar-refractivity contribution in [2.75, 3.05) is 47.0 Å². The van der Waals surface area contributed by atoms with E-state index in [9.17, 15) is 0 Å². The Morgan fingerprint density at radius 2 is 1.44 bits per heavy atom. The van der Waals surface area contributed by atoms with Crippen molar-refractivity contribution in [2.45, 2.75) is 20.0 Å². The van der Waals surface area contributed by atoms with Crippen LogP contribution >= 0.6 is 0 Å². The molecule has 0 amide bonds. The molecule has 2 aromatic carbocycles. The Balaban J connectivity index is 1.54. The Hall–Kier alpha value is -2.24. The first kappa shape index (κ1) is 19.5. The van der Waals surface area contributed by atoms with Gasteiger partial charge in [0.1, 0.15) is 5.75 Å². The van der Waals surface area contributed by atoms with Gasteiger partial charge in [-0.1, -0.05) is 24.3 Å². The van der Waals surface area contributed by atoms with Crippen LogP contribution in [-0.4, -0.2) is 56.8 Å². The average molecular weight is 370 g/mol. The third-order valence-corrected chi connectivity index (χ3v) is 4.99. The van der Waals surface area contributed by atoms with Crippen LogP contribution in [-0.2, 0) is 13.1 Å². The molecule has 0 N–H and O–H groups in total. The van der Waals surface area contributed by atoms with Crippen molar-refractivity contribution < 1.29 is 14.2 Å². The number of ether oxygens (including phenoxy) is 3. The summed E-state index contributed by atoms with van der Waals surface area (Å²) in [5.41, 5.74) is 2.52. The Bertz CT molecular complexity index is 727. The van der Waals surface area contributed by atoms with Gasteiger partial charge >= 0.3 is 0 Å². The molecule has 0 radical (unpaired) electrons. The molecule has 0 spiro atoms. The van der Waals surface area contributed by atoms with E-state index in [-0.39, 0.29) is 0 Å². The van der Waals surface area contributed by atoms with E-state index in [0.717, 1.165) is 56.5 Å². The number of methoxy groups -OCH3 is 2. The largest absolute Gasteiger partial charge is 0.496 e. The topological polar surface area (TPSA) is 34.2 Å². The van der Waals surface area contributed by atoms with Crippen LogP contribution < -0.4 is 14.2 Å². The Morgan fingerprint density at radius 1 is 0.778 bits per heavy atom. The normalized spacial score (nSPS) is 15.5. The van der Waals surface area contributed by atoms with Crippen LogP contribution in [0.3, 0.4) is 0 Å². The molecular formula is C22H30N2O3. The third kappa shape index (κ3) is 5.15. The molecule has 0 aliphatic carbocycles. The van der Waals surface area contributed by atoms with Crippen molar-refractivity contribution in [1.82, 2.24) is 9.80 Å². The molecule has 5 heteroatoms. The van der Waals surface area contributed by atoms with Crippen molar-refractivity contribution in [1.29, 1.82) is 0 Å². The minimum absolute atomic E-state index is 0.640. The second-order valence-electron chi connectivity index (χ2n) is 6.78. The standard InChI is InChI=1S/C22H30N2O3/c1-4-27-22-15-18(9-10-21(22)26-3)16-23-11-13-24(14-12-23)17-19-7-5-6-8-20(19)25-2/h5-10,15H,4,11-14,16-17H2,1-3H3. The zero-order valence-corrected chi connectivity index (χ0v) is 16.6. The molecule has 1 saturated heterocycles. The molecule has 1 aliphatic heterocycles. The van der Waals surface area contributed by atoms with Gasteiger partial charge in [0, 0.05) is 44.8 Å². The minimum atomic E-state index is 0.640. The molecule has 27 heavy (non-hydrogen) atoms. The van der Waals surface area contributed by atoms with Crippen molar-refractivity contribution >= 4 is 0 Å². The predicted octanol–water partition coefficient (Wildman–Crippen LogP) is 3.42. The number of nitrogens with zero attached hydrogens (tertiary/aromatic N) is 2. The fourth-order valence-corrected chi connectivity index (χ4v) is 3.53. The second kappa shape index (κ2) is 9.62. The molecule has 0 unspecified atom stereocenters. The number of hydrogen-bond acceptors (Lipinski definition) is 5. The van der Waals surface area contributed by atoms with Crippen molar-refractivity contribution in [2.24, 2.45) is 0 Å². The number of piperazine rings is 1. The zero-order chi connectivity index (χ0) is 19.1. The first-order chi connectivity index (χ1) is 13.2. The lowest BCUT2D eigenvalue weighted by atomic mass is 10.1. The van der Waals surface area contributed by atoms with Gasteiger partial charge in [-0.15, -0.1) is 0 Å². The van der Waals surface area contributed by atoms with Gasteiger partial charge in [0.2, 0.25) is 0 Å². The smallest absolute Gasteiger partial charge is 0.161 e. The summed E-state index contributed by atoms with van der Waals surface area (Å²) < 4.78 is 16.6. The highest BCUT2D eigenvalue weighted by Gasteiger charge is 2.18. The second-order valence-corrected chi connectivity index (χ2v) is 6.78. The summed E-state index contributed by atoms with van der Waals surface area (Å²) in [5.74, 6) is 2.59. The Kier molecular flexibility index (Phi) is 6.96. The van der Waals surface area contributed by atoms with E-state index >= 15 is 0 Å². The van der Waals surface area contributed by atoms with Gasteiger partial charge in [-0.05, 0) is 30.7 Å². The van der Waals surface area contributed by atoms with E-state index < -0.39 is 0 Å². The highest BCUT2D eigenvalue weighted by Crippen LogP contribution is 2.28. The fourth-order valence-electron chi connectivity index (χ4n) is 3.53. The maximum Gasteiger partial charge on any atom is 0.161 e. The predicted molar refractivity (Wildman–Crippen MR) is 108 cm³/mol. The molecule has 0 saturated carbocycles. The van der Waals surface area contributed by atoms with Gasteiger partial charge in [-0.25, -0.2) is 0 Å². The number of benzene rings is 2. The molecule has 5 nitrogen and oxygen atoms in total. The lowest BCUT2D eigenvalue weighted by Gasteiger charge is -2.35. The summed E-state index contributed by atoms with van der Waals surface area (Å²) in [5, 5.41) is 0. The number of rotatable bonds is 8. The van der Waals surface area contributed by atoms with Gasteiger partial charge in [-0.3, -0.25) is 9.80 Å². The van der Waals surface area contributed by atoms with Gasteiger partial charge < -0.3 is 14.2 Å². The highest BCUT2D eigenvalue weighted by molar-refractivity contribution is 5.43. The number of para-hydroxylation sites is 1. The van der Waals surface area contributed by atoms with Gasteiger partial charge in [0.15, 0.2) is 11.5 Å². The molecule has 146 valence electrons. The summed E-state index contributed by atoms with van der Waals surface area (Å²) in [6.07, 6.45) is 0. The monoisotopic (exact) mass is 370 g/mol. The quantitative estimate of drug-likeness (QED) is 0.711. The summed E-state index contributed by atoms with van der Waals surface area (Å²) in [6, 6.07) is 14.5. The molecule has 3 rings (SSSR count). The average Bonchev–Trinajstić information content (AvgIpc) is 2.70. The first-order valence-corrected chi connectivity index (χ1v) is 9.59. The van der Waals surface area contributed by atoms with Crippen molar-refractivity contribution in [3.63, 3.8) is 0 Å². The molecule has 2 aromatic rings. The molecule has 1 aliphatic rings. The summed E-state index contributed by atoms with van der Waals surface area (Å²) >= 11 is 0. The fraction of sp³-hybridized carbons (Fsp3) is 0.455. The van der Waals surface area contributed by atoms with Crippen molar-refractivity contribution in [3.05, 3.63) is 53.6 Å². The molecule has 0 aromatic heterocycles. The van der Waals surface area contributed by atoms with Gasteiger partial charge in [0.05, 0.1) is 20.8 Å². The maximum atomic E-state index is 5.70. The van der Waals surface area contributed by atoms with Crippen LogP contribution in [0.4, 0.5) is 0 Å². The summed E-state index contributed by atoms with van der Waals surface area (Å²) in [4.78, 5) is 4.99. The van der Waals surface area contributed by atoms with Crippen molar-refractivity contribution in [3.8, 4) is 17.2 Å². The number of hydrogen-bond donors (Lipinski definition) is 0. The van der Waals surface area contributed by atoms with Crippen LogP contribution in [0.25, 0.3) is 0 Å². The maximum absolute atomic E-state index is 5.70. The molecule has 1 fully saturated rings. The van der Waals surface area contributed by atoms with Crippen LogP contribution in [0.1, 0.15) is 18.1 Å². The summed E-state index contributed by atoms with van der Waals surface area (Å²) in [7, 11) is 3.42. The lowest BCUT2D eigenvalue weighted by Crippen LogP contribution is -2.45. The Labute approximate surface area is 162 Å². The van der Waals surface area contributed by atoms with Crippen LogP contribution in [0, 0.1) is 0 Å². The van der Waals surface area contributed by atoms with E-state index in [2.05, 4.69) is 34.1 Å². The van der Waals surface area contributed by atoms with Gasteiger partial charge in [-0.2, -0.15) is 0 Å². The molecule has 0 bridgehead atoms. The first-order valence-electron chi connectivity index (χ1n) is 9.59. The van der Waals surface area contributed by atoms with Crippen LogP contribution in [0.15, 0.2) is 42.5 Å². The van der Waals surface area contributed by atoms with E-state index in [4.69, 9.17) is 14.2 Å². The highest BCUT2D eigenvalue weighted by atomic mass is 16.5. The molecule has 0 atom stereocenters. The van der Waals surface area contributed by atoms with Crippen LogP contribution in [0.5, 0.6) is 17.2 Å². The zero-order valence-electron chi connectivity index (χ0n) is 16.6. The molecular weight excluding hydrogens is 340 g/mol. The molecule has 1 heterocycles. The Morgan fingerprint density at radius 3 is 2.11 bits per heavy atom. The van der Waals surface area contributed by atoms with E-state index in [1.807, 2.05) is 25.1 Å². The van der Waals surface area contributed by atoms with E-state index in [1.54, 1.807) is 14.2 Å². The van der Waals surface area contributed by atoms with Crippen LogP contribution in [0.2, 0.25) is 0 Å². The third-order valence-electron chi connectivity index (χ3n) is 4.99. The van der Waals surface area contributed by atoms with E-state index in [0.29, 0.717) is 6.61 Å². The van der Waals surface area contributed by atoms with Gasteiger partial charge in [0.25, 0.3) is 0 Å². The SMILES string of the molecule is CCOc1cc(CN2CCN(Cc3ccccc3OC)CC2)ccc1OC. The summed E-state index contributed by atoms with van der Waals surface area (Å²) in [6.45, 7) is 8.76. The lowest BCUT2D eigenvalue weighted by molar-refractivity contribution is 0.121. The minimum Gasteiger partial charge on any atom is -0.496 e.